The third-order valence-corrected chi connectivity index (χ3v) is 8.29. The average molecular weight is 594 g/mol. The van der Waals surface area contributed by atoms with Crippen molar-refractivity contribution in [2.45, 2.75) is 156 Å². The molecule has 0 aliphatic rings. The third-order valence-electron chi connectivity index (χ3n) is 7.62. The first kappa shape index (κ1) is 37.1. The molecule has 41 heavy (non-hydrogen) atoms. The summed E-state index contributed by atoms with van der Waals surface area (Å²) >= 11 is 1.69. The molecule has 0 fully saturated rings. The van der Waals surface area contributed by atoms with Crippen LogP contribution in [0.1, 0.15) is 149 Å². The van der Waals surface area contributed by atoms with Crippen LogP contribution in [0.15, 0.2) is 28.2 Å². The zero-order valence-corrected chi connectivity index (χ0v) is 27.5. The van der Waals surface area contributed by atoms with Crippen molar-refractivity contribution >= 4 is 23.4 Å². The minimum absolute atomic E-state index is 0.151. The number of esters is 1. The number of unbranched alkanes of at least 4 members (excludes halogenated alkanes) is 17. The number of carbonyl (C=O) groups excluding carboxylic acids is 2. The maximum atomic E-state index is 12.1. The summed E-state index contributed by atoms with van der Waals surface area (Å²) in [5, 5.41) is 4.91. The van der Waals surface area contributed by atoms with Crippen LogP contribution in [-0.4, -0.2) is 31.8 Å². The number of hydrogen-bond acceptors (Lipinski definition) is 5. The summed E-state index contributed by atoms with van der Waals surface area (Å²) in [5.74, 6) is -0.195. The molecule has 0 saturated heterocycles. The van der Waals surface area contributed by atoms with E-state index in [0.717, 1.165) is 49.8 Å². The second-order valence-electron chi connectivity index (χ2n) is 11.6. The van der Waals surface area contributed by atoms with Crippen LogP contribution in [0.4, 0.5) is 4.79 Å². The summed E-state index contributed by atoms with van der Waals surface area (Å²) < 4.78 is 13.0. The lowest BCUT2D eigenvalue weighted by molar-refractivity contribution is -0.692. The van der Waals surface area contributed by atoms with Crippen molar-refractivity contribution in [2.24, 2.45) is 0 Å². The first-order valence-corrected chi connectivity index (χ1v) is 17.6. The van der Waals surface area contributed by atoms with Crippen LogP contribution in [-0.2, 0) is 20.8 Å². The fourth-order valence-electron chi connectivity index (χ4n) is 4.77. The molecule has 0 aromatic carbocycles. The van der Waals surface area contributed by atoms with E-state index in [-0.39, 0.29) is 19.2 Å². The van der Waals surface area contributed by atoms with Gasteiger partial charge in [0.25, 0.3) is 0 Å². The minimum Gasteiger partial charge on any atom is -0.461 e. The molecule has 1 aromatic rings. The van der Waals surface area contributed by atoms with E-state index in [9.17, 15) is 9.59 Å². The van der Waals surface area contributed by atoms with Crippen molar-refractivity contribution in [1.29, 1.82) is 0 Å². The van der Waals surface area contributed by atoms with Crippen LogP contribution in [0.25, 0.3) is 0 Å². The molecular weight excluding hydrogens is 532 g/mol. The molecule has 1 heterocycles. The first-order chi connectivity index (χ1) is 20.0. The van der Waals surface area contributed by atoms with Crippen LogP contribution in [0, 0.1) is 0 Å². The molecule has 1 rings (SSSR count). The van der Waals surface area contributed by atoms with Crippen LogP contribution < -0.4 is 9.88 Å². The van der Waals surface area contributed by atoms with Gasteiger partial charge in [0.15, 0.2) is 6.20 Å². The molecule has 0 spiro atoms. The van der Waals surface area contributed by atoms with E-state index >= 15 is 0 Å². The van der Waals surface area contributed by atoms with E-state index in [2.05, 4.69) is 33.9 Å². The Morgan fingerprint density at radius 3 is 1.78 bits per heavy atom. The Kier molecular flexibility index (Phi) is 24.4. The molecule has 0 bridgehead atoms. The van der Waals surface area contributed by atoms with Crippen molar-refractivity contribution in [3.05, 3.63) is 28.2 Å². The highest BCUT2D eigenvalue weighted by Gasteiger charge is 2.10. The van der Waals surface area contributed by atoms with Gasteiger partial charge in [-0.15, -0.1) is 0 Å². The normalized spacial score (nSPS) is 10.9. The Bertz CT molecular complexity index is 791. The van der Waals surface area contributed by atoms with Crippen LogP contribution in [0.3, 0.4) is 0 Å². The standard InChI is InChI=1S/C34H60N2O4S/c1-4-5-6-7-8-9-10-11-12-13-14-15-16-17-18-21-24-35-34(38)40-29-32(31(2)3)28-39-33(37)23-20-19-22-25-36-26-27-41-30-36/h26-27,30H,4-25,28-29H2,1-3H3/p+1. The summed E-state index contributed by atoms with van der Waals surface area (Å²) in [5.41, 5.74) is 3.94. The lowest BCUT2D eigenvalue weighted by Gasteiger charge is -2.12. The van der Waals surface area contributed by atoms with E-state index in [1.807, 2.05) is 13.8 Å². The van der Waals surface area contributed by atoms with Gasteiger partial charge >= 0.3 is 12.1 Å². The number of hydrogen-bond donors (Lipinski definition) is 1. The first-order valence-electron chi connectivity index (χ1n) is 16.7. The van der Waals surface area contributed by atoms with Gasteiger partial charge in [-0.3, -0.25) is 4.79 Å². The molecule has 1 amide bonds. The number of rotatable bonds is 27. The summed E-state index contributed by atoms with van der Waals surface area (Å²) in [6, 6.07) is 0. The highest BCUT2D eigenvalue weighted by atomic mass is 32.1. The van der Waals surface area contributed by atoms with Crippen molar-refractivity contribution < 1.29 is 23.6 Å². The SMILES string of the molecule is CCCCCCCCCCCCCCCCCCNC(=O)OCC(COC(=O)CCCCC[n+]1ccsc1)=C(C)C. The molecule has 6 nitrogen and oxygen atoms in total. The number of aryl methyl sites for hydroxylation is 1. The number of amides is 1. The second kappa shape index (κ2) is 27.0. The van der Waals surface area contributed by atoms with Crippen molar-refractivity contribution in [1.82, 2.24) is 5.32 Å². The number of nitrogens with one attached hydrogen (secondary N) is 1. The number of thiazole rings is 1. The number of nitrogens with zero attached hydrogens (tertiary/aromatic N) is 1. The molecule has 0 radical (unpaired) electrons. The van der Waals surface area contributed by atoms with Crippen LogP contribution >= 0.6 is 11.3 Å². The summed E-state index contributed by atoms with van der Waals surface area (Å²) in [7, 11) is 0. The van der Waals surface area contributed by atoms with Crippen molar-refractivity contribution in [3.8, 4) is 0 Å². The van der Waals surface area contributed by atoms with Gasteiger partial charge in [-0.2, -0.15) is 4.57 Å². The molecular formula is C34H61N2O4S+. The van der Waals surface area contributed by atoms with E-state index < -0.39 is 6.09 Å². The van der Waals surface area contributed by atoms with Gasteiger partial charge in [0.2, 0.25) is 5.51 Å². The monoisotopic (exact) mass is 593 g/mol. The topological polar surface area (TPSA) is 68.5 Å². The van der Waals surface area contributed by atoms with Gasteiger partial charge < -0.3 is 14.8 Å². The Balaban J connectivity index is 1.92. The quantitative estimate of drug-likeness (QED) is 0.0477. The summed E-state index contributed by atoms with van der Waals surface area (Å²) in [6.45, 7) is 8.13. The Morgan fingerprint density at radius 1 is 0.707 bits per heavy atom. The Labute approximate surface area is 255 Å². The maximum Gasteiger partial charge on any atom is 0.407 e. The van der Waals surface area contributed by atoms with E-state index in [4.69, 9.17) is 9.47 Å². The van der Waals surface area contributed by atoms with Crippen molar-refractivity contribution in [3.63, 3.8) is 0 Å². The van der Waals surface area contributed by atoms with Crippen molar-refractivity contribution in [2.75, 3.05) is 19.8 Å². The molecule has 0 aliphatic heterocycles. The van der Waals surface area contributed by atoms with Gasteiger partial charge in [0, 0.05) is 25.0 Å². The molecule has 0 aliphatic carbocycles. The summed E-state index contributed by atoms with van der Waals surface area (Å²) in [6.07, 6.45) is 26.3. The lowest BCUT2D eigenvalue weighted by Crippen LogP contribution is -2.29. The maximum absolute atomic E-state index is 12.1. The highest BCUT2D eigenvalue weighted by molar-refractivity contribution is 7.07. The third kappa shape index (κ3) is 23.4. The molecule has 0 atom stereocenters. The van der Waals surface area contributed by atoms with E-state index in [1.165, 1.54) is 89.9 Å². The predicted octanol–water partition coefficient (Wildman–Crippen LogP) is 9.46. The highest BCUT2D eigenvalue weighted by Crippen LogP contribution is 2.14. The zero-order valence-electron chi connectivity index (χ0n) is 26.7. The molecule has 0 unspecified atom stereocenters. The number of allylic oxidation sites excluding steroid dienone is 1. The Morgan fingerprint density at radius 2 is 1.24 bits per heavy atom. The minimum atomic E-state index is -0.403. The molecule has 1 aromatic heterocycles. The fourth-order valence-corrected chi connectivity index (χ4v) is 5.40. The van der Waals surface area contributed by atoms with Gasteiger partial charge in [-0.25, -0.2) is 4.79 Å². The zero-order chi connectivity index (χ0) is 29.8. The smallest absolute Gasteiger partial charge is 0.407 e. The lowest BCUT2D eigenvalue weighted by atomic mass is 10.0. The largest absolute Gasteiger partial charge is 0.461 e. The van der Waals surface area contributed by atoms with Crippen LogP contribution in [0.5, 0.6) is 0 Å². The predicted molar refractivity (Wildman–Crippen MR) is 171 cm³/mol. The molecule has 1 N–H and O–H groups in total. The molecule has 236 valence electrons. The molecule has 7 heteroatoms. The van der Waals surface area contributed by atoms with Gasteiger partial charge in [0.1, 0.15) is 19.8 Å². The number of carbonyl (C=O) groups is 2. The second-order valence-corrected chi connectivity index (χ2v) is 12.4. The van der Waals surface area contributed by atoms with Gasteiger partial charge in [-0.05, 0) is 33.1 Å². The van der Waals surface area contributed by atoms with Crippen LogP contribution in [0.2, 0.25) is 0 Å². The fraction of sp³-hybridized carbons (Fsp3) is 0.794. The van der Waals surface area contributed by atoms with E-state index in [1.54, 1.807) is 11.3 Å². The average Bonchev–Trinajstić information content (AvgIpc) is 3.48. The number of ether oxygens (including phenoxy) is 2. The number of alkyl carbamates (subject to hydrolysis) is 1. The Hall–Kier alpha value is -1.89. The number of aromatic nitrogens is 1. The molecule has 0 saturated carbocycles. The van der Waals surface area contributed by atoms with E-state index in [0.29, 0.717) is 13.0 Å². The summed E-state index contributed by atoms with van der Waals surface area (Å²) in [4.78, 5) is 24.2. The van der Waals surface area contributed by atoms with Gasteiger partial charge in [-0.1, -0.05) is 120 Å². The van der Waals surface area contributed by atoms with Gasteiger partial charge in [0.05, 0.1) is 5.38 Å².